The van der Waals surface area contributed by atoms with E-state index in [0.717, 1.165) is 33.3 Å². The number of carboxylic acids is 1. The highest BCUT2D eigenvalue weighted by Crippen LogP contribution is 2.40. The zero-order chi connectivity index (χ0) is 107. The zero-order valence-electron chi connectivity index (χ0n) is 84.9. The number of benzene rings is 10. The lowest BCUT2D eigenvalue weighted by Gasteiger charge is -2.04. The summed E-state index contributed by atoms with van der Waals surface area (Å²) in [6, 6.07) is 73.5. The largest absolute Gasteiger partial charge is 0.476 e. The first-order valence-corrected chi connectivity index (χ1v) is 46.5. The molecule has 748 valence electrons. The quantitative estimate of drug-likeness (QED) is 0.0639. The van der Waals surface area contributed by atoms with Crippen LogP contribution in [0.2, 0.25) is 0 Å². The summed E-state index contributed by atoms with van der Waals surface area (Å²) in [6.45, 7) is 43.9. The molecule has 20 rings (SSSR count). The molecular formula is C111H133F10N13O6. The molecule has 29 heteroatoms. The van der Waals surface area contributed by atoms with Crippen LogP contribution in [0.25, 0.3) is 76.3 Å². The number of fused-ring (bicyclic) bond motifs is 10. The number of nitrogens with one attached hydrogen (secondary N) is 5. The van der Waals surface area contributed by atoms with E-state index in [0.29, 0.717) is 83.4 Å². The predicted molar refractivity (Wildman–Crippen MR) is 556 cm³/mol. The highest BCUT2D eigenvalue weighted by atomic mass is 19.3. The third kappa shape index (κ3) is 30.6. The minimum absolute atomic E-state index is 0.00352. The summed E-state index contributed by atoms with van der Waals surface area (Å²) in [5.74, 6) is -10.1. The monoisotopic (exact) mass is 1930 g/mol. The van der Waals surface area contributed by atoms with Crippen molar-refractivity contribution in [2.45, 2.75) is 164 Å². The number of aromatic amines is 2. The third-order valence-corrected chi connectivity index (χ3v) is 19.6. The van der Waals surface area contributed by atoms with E-state index < -0.39 is 64.8 Å². The van der Waals surface area contributed by atoms with Gasteiger partial charge in [0.25, 0.3) is 23.5 Å². The maximum Gasteiger partial charge on any atom is 0.355 e. The number of hydrogen-bond donors (Lipinski definition) is 7. The van der Waals surface area contributed by atoms with Crippen molar-refractivity contribution in [3.05, 3.63) is 340 Å². The van der Waals surface area contributed by atoms with Gasteiger partial charge in [0, 0.05) is 107 Å². The van der Waals surface area contributed by atoms with Crippen LogP contribution in [0.5, 0.6) is 0 Å². The van der Waals surface area contributed by atoms with Gasteiger partial charge in [-0.05, 0) is 123 Å². The number of primary amides is 1. The SMILES string of the molecule is CC.CC.CC.CC.CC.CC.CC.CC.CC.CC.Cc1[nH]c2ccccc2c1F.Cc1c(F)c2ccccc2n1C.Cn1c(C#N)c(F)c2ccccc21.Cn1c(C(=O)O)c(F)c2ccccc21.Cn1c(C(N)=O)c(F)c2ccccc21.Cn1cc(F)c2ccccc21.FC1CNc2ccccc21.N#Cc1[nH]c2ccccc2c1F.O=C1Nc2ccccc2C1(F)F.O=C1Nc2ccccc2C1=O. The van der Waals surface area contributed by atoms with Gasteiger partial charge >= 0.3 is 11.9 Å². The first-order chi connectivity index (χ1) is 67.4. The van der Waals surface area contributed by atoms with Gasteiger partial charge in [-0.1, -0.05) is 272 Å². The van der Waals surface area contributed by atoms with Crippen molar-refractivity contribution in [3.8, 4) is 12.1 Å². The number of H-pyrrole nitrogens is 2. The number of Topliss-reactive ketones (excluding diaryl/α,β-unsaturated/α-hetero) is 1. The molecule has 10 heterocycles. The van der Waals surface area contributed by atoms with Gasteiger partial charge in [0.1, 0.15) is 29.8 Å². The average molecular weight is 1940 g/mol. The number of aryl methyl sites for hydroxylation is 6. The van der Waals surface area contributed by atoms with E-state index in [1.54, 1.807) is 183 Å². The Morgan fingerprint density at radius 1 is 0.407 bits per heavy atom. The second-order valence-electron chi connectivity index (χ2n) is 27.0. The van der Waals surface area contributed by atoms with Crippen molar-refractivity contribution in [3.63, 3.8) is 0 Å². The number of carbonyl (C=O) groups excluding carboxylic acids is 4. The van der Waals surface area contributed by atoms with E-state index in [9.17, 15) is 67.9 Å². The first kappa shape index (κ1) is 123. The Bertz CT molecular complexity index is 6550. The van der Waals surface area contributed by atoms with Crippen molar-refractivity contribution >= 4 is 123 Å². The van der Waals surface area contributed by atoms with Gasteiger partial charge in [0.15, 0.2) is 52.0 Å². The number of alkyl halides is 3. The molecule has 3 aliphatic heterocycles. The van der Waals surface area contributed by atoms with Crippen molar-refractivity contribution in [2.24, 2.45) is 41.0 Å². The molecule has 0 fully saturated rings. The van der Waals surface area contributed by atoms with Crippen molar-refractivity contribution in [1.29, 1.82) is 10.5 Å². The topological polar surface area (TPSA) is 272 Å². The van der Waals surface area contributed by atoms with Crippen LogP contribution in [-0.2, 0) is 50.7 Å². The average Bonchev–Trinajstić information content (AvgIpc) is 1.66. The Labute approximate surface area is 815 Å². The summed E-state index contributed by atoms with van der Waals surface area (Å²) in [6.07, 6.45) is 0.682. The summed E-state index contributed by atoms with van der Waals surface area (Å²) in [5.41, 5.74) is 14.3. The molecule has 140 heavy (non-hydrogen) atoms. The smallest absolute Gasteiger partial charge is 0.355 e. The van der Waals surface area contributed by atoms with Crippen LogP contribution >= 0.6 is 0 Å². The summed E-state index contributed by atoms with van der Waals surface area (Å²) in [5, 5.41) is 37.3. The molecule has 1 unspecified atom stereocenters. The molecular weight excluding hydrogens is 1800 g/mol. The number of aromatic carboxylic acids is 1. The van der Waals surface area contributed by atoms with Gasteiger partial charge in [-0.2, -0.15) is 19.3 Å². The molecule has 0 radical (unpaired) electrons. The maximum atomic E-state index is 13.6. The lowest BCUT2D eigenvalue weighted by Crippen LogP contribution is -2.23. The highest BCUT2D eigenvalue weighted by molar-refractivity contribution is 6.51. The number of anilines is 3. The molecule has 0 aliphatic carbocycles. The zero-order valence-corrected chi connectivity index (χ0v) is 84.9. The molecule has 0 spiro atoms. The Morgan fingerprint density at radius 2 is 0.779 bits per heavy atom. The molecule has 3 amide bonds. The van der Waals surface area contributed by atoms with Crippen molar-refractivity contribution in [2.75, 3.05) is 22.5 Å². The Hall–Kier alpha value is -15.4. The Kier molecular flexibility index (Phi) is 55.3. The van der Waals surface area contributed by atoms with E-state index in [4.69, 9.17) is 21.4 Å². The second kappa shape index (κ2) is 63.1. The van der Waals surface area contributed by atoms with Crippen LogP contribution in [0.3, 0.4) is 0 Å². The molecule has 17 aromatic rings. The Morgan fingerprint density at radius 3 is 1.19 bits per heavy atom. The second-order valence-corrected chi connectivity index (χ2v) is 27.0. The van der Waals surface area contributed by atoms with Crippen LogP contribution in [-0.4, -0.2) is 73.9 Å². The van der Waals surface area contributed by atoms with Gasteiger partial charge in [0.05, 0.1) is 62.3 Å². The van der Waals surface area contributed by atoms with E-state index in [2.05, 4.69) is 25.9 Å². The first-order valence-electron chi connectivity index (χ1n) is 46.5. The number of ketones is 1. The lowest BCUT2D eigenvalue weighted by molar-refractivity contribution is -0.139. The Balaban J connectivity index is 0.000000762. The van der Waals surface area contributed by atoms with E-state index in [1.807, 2.05) is 248 Å². The molecule has 1 atom stereocenters. The molecule has 0 bridgehead atoms. The van der Waals surface area contributed by atoms with Gasteiger partial charge in [-0.15, -0.1) is 0 Å². The van der Waals surface area contributed by atoms with Crippen LogP contribution in [0.4, 0.5) is 61.0 Å². The molecule has 0 saturated heterocycles. The number of carboxylic acid groups (broad SMARTS) is 1. The van der Waals surface area contributed by atoms with Crippen LogP contribution in [0.15, 0.2) is 249 Å². The number of aromatic nitrogens is 7. The standard InChI is InChI=1S/C10H9FN2O.C10H7FN2.C10H8FNO2.C10H10FN.C9H5FN2.2C9H8FN.C8H5F2NO.C8H8FN.C8H5NO2.10C2H6/c1-13-7-5-3-2-4-6(7)8(11)9(13)10(12)14;1-13-8-5-3-2-4-7(8)10(11)9(13)6-12;1-12-7-5-3-2-4-6(7)8(11)9(12)10(13)14;1-7-10(11)8-5-3-4-6-9(8)12(7)2;10-9-6-3-1-2-4-7(6)12-8(9)5-11;1-11-6-8(10)7-4-2-3-5-9(7)11;1-6-9(10)7-4-2-3-5-8(7)11-6;9-8(10)5-3-1-2-4-6(5)11-7(8)12;9-7-5-10-8-4-2-1-3-6(7)8;10-7-5-3-1-2-4-6(5)9-8(7)11;10*1-2/h2-5H,1H3,(H2,12,14);2-5H,1H3;2-5H,1H3,(H,13,14);3-6H,1-2H3;1-4,12H;2-6H,1H3;2-5,11H,1H3;1-4H,(H,11,12);1-4,7,10H,5H2;1-4H,(H,9,10,11);10*1-2H3. The highest BCUT2D eigenvalue weighted by Gasteiger charge is 2.48. The van der Waals surface area contributed by atoms with E-state index >= 15 is 0 Å². The number of hydrogen-bond acceptors (Lipinski definition) is 8. The molecule has 8 N–H and O–H groups in total. The number of carbonyl (C=O) groups is 5. The van der Waals surface area contributed by atoms with Crippen LogP contribution in [0.1, 0.15) is 210 Å². The fraction of sp³-hybridized carbons (Fsp3) is 0.270. The molecule has 3 aliphatic rings. The summed E-state index contributed by atoms with van der Waals surface area (Å²) < 4.78 is 140. The van der Waals surface area contributed by atoms with Gasteiger partial charge in [-0.3, -0.25) is 19.2 Å². The molecule has 19 nitrogen and oxygen atoms in total. The van der Waals surface area contributed by atoms with E-state index in [-0.39, 0.29) is 51.5 Å². The summed E-state index contributed by atoms with van der Waals surface area (Å²) >= 11 is 0. The number of rotatable bonds is 2. The van der Waals surface area contributed by atoms with Gasteiger partial charge < -0.3 is 59.6 Å². The number of amides is 3. The van der Waals surface area contributed by atoms with Crippen LogP contribution in [0, 0.1) is 77.2 Å². The molecule has 0 saturated carbocycles. The third-order valence-electron chi connectivity index (χ3n) is 19.6. The molecule has 7 aromatic heterocycles. The van der Waals surface area contributed by atoms with Crippen LogP contribution < -0.4 is 21.7 Å². The van der Waals surface area contributed by atoms with Gasteiger partial charge in [0.2, 0.25) is 0 Å². The lowest BCUT2D eigenvalue weighted by atomic mass is 10.1. The summed E-state index contributed by atoms with van der Waals surface area (Å²) in [4.78, 5) is 59.8. The predicted octanol–water partition coefficient (Wildman–Crippen LogP) is 30.3. The van der Waals surface area contributed by atoms with Crippen molar-refractivity contribution in [1.82, 2.24) is 32.8 Å². The number of halogens is 10. The number of nitrogens with zero attached hydrogens (tertiary/aromatic N) is 7. The maximum absolute atomic E-state index is 13.6. The minimum atomic E-state index is -3.36. The minimum Gasteiger partial charge on any atom is -0.476 e. The normalized spacial score (nSPS) is 11.3. The fourth-order valence-corrected chi connectivity index (χ4v) is 13.4. The fourth-order valence-electron chi connectivity index (χ4n) is 13.4. The van der Waals surface area contributed by atoms with Gasteiger partial charge in [-0.25, -0.2) is 39.9 Å². The van der Waals surface area contributed by atoms with Crippen molar-refractivity contribution < 1.29 is 73.0 Å². The van der Waals surface area contributed by atoms with E-state index in [1.165, 1.54) is 40.6 Å². The number of para-hydroxylation sites is 10. The summed E-state index contributed by atoms with van der Waals surface area (Å²) in [7, 11) is 8.55. The number of nitriles is 2. The molecule has 10 aromatic carbocycles. The number of nitrogens with two attached hydrogens (primary N) is 1.